The lowest BCUT2D eigenvalue weighted by molar-refractivity contribution is -0.142. The average Bonchev–Trinajstić information content (AvgIpc) is 3.30. The van der Waals surface area contributed by atoms with Crippen LogP contribution in [0.3, 0.4) is 0 Å². The third-order valence-corrected chi connectivity index (χ3v) is 6.25. The molecule has 4 heterocycles. The number of fused-ring (bicyclic) bond motifs is 6. The molecule has 0 saturated carbocycles. The highest BCUT2D eigenvalue weighted by Crippen LogP contribution is 2.44. The van der Waals surface area contributed by atoms with Crippen molar-refractivity contribution in [2.75, 3.05) is 7.11 Å². The molecule has 3 unspecified atom stereocenters. The summed E-state index contributed by atoms with van der Waals surface area (Å²) in [6.07, 6.45) is 4.75. The smallest absolute Gasteiger partial charge is 0.264 e. The maximum atomic E-state index is 13.6. The average molecular weight is 406 g/mol. The number of aryl methyl sites for hydroxylation is 1. The third-order valence-electron chi connectivity index (χ3n) is 6.25. The van der Waals surface area contributed by atoms with Crippen molar-refractivity contribution in [3.8, 4) is 11.5 Å². The Morgan fingerprint density at radius 2 is 2.10 bits per heavy atom. The molecule has 2 aliphatic heterocycles. The van der Waals surface area contributed by atoms with Gasteiger partial charge in [0.1, 0.15) is 11.5 Å². The largest absolute Gasteiger partial charge is 0.497 e. The standard InChI is InChI=1S/C23H26N4O3/c1-4-21(30-17-7-5-6-16(12-17)29-3)23(28)26-15-8-9-19(26)18-13-24-22-10-14(2)25-27(22)20(18)11-15/h5-7,10,12-13,15,19,21H,4,8-9,11H2,1-3H3. The molecule has 1 saturated heterocycles. The van der Waals surface area contributed by atoms with E-state index < -0.39 is 6.10 Å². The molecule has 2 bridgehead atoms. The SMILES string of the molecule is CCC(Oc1cccc(OC)c1)C(=O)N1C2CCC1c1cnc3cc(C)nn3c1C2. The van der Waals surface area contributed by atoms with E-state index in [1.807, 2.05) is 59.8 Å². The first-order chi connectivity index (χ1) is 14.6. The molecular weight excluding hydrogens is 380 g/mol. The number of aromatic nitrogens is 3. The van der Waals surface area contributed by atoms with Crippen LogP contribution in [0, 0.1) is 6.92 Å². The molecule has 0 spiro atoms. The van der Waals surface area contributed by atoms with E-state index in [1.54, 1.807) is 7.11 Å². The van der Waals surface area contributed by atoms with E-state index in [9.17, 15) is 4.79 Å². The van der Waals surface area contributed by atoms with Gasteiger partial charge in [0.25, 0.3) is 5.91 Å². The second kappa shape index (κ2) is 7.31. The van der Waals surface area contributed by atoms with Crippen LogP contribution in [-0.2, 0) is 11.2 Å². The van der Waals surface area contributed by atoms with Gasteiger partial charge in [0.05, 0.1) is 24.5 Å². The quantitative estimate of drug-likeness (QED) is 0.649. The first kappa shape index (κ1) is 18.9. The number of rotatable bonds is 5. The van der Waals surface area contributed by atoms with Gasteiger partial charge >= 0.3 is 0 Å². The van der Waals surface area contributed by atoms with Crippen molar-refractivity contribution >= 4 is 11.6 Å². The zero-order valence-electron chi connectivity index (χ0n) is 17.5. The Hall–Kier alpha value is -3.09. The fourth-order valence-corrected chi connectivity index (χ4v) is 4.85. The van der Waals surface area contributed by atoms with Gasteiger partial charge in [-0.2, -0.15) is 5.10 Å². The molecule has 1 fully saturated rings. The Morgan fingerprint density at radius 1 is 1.27 bits per heavy atom. The van der Waals surface area contributed by atoms with Crippen molar-refractivity contribution in [2.45, 2.75) is 57.7 Å². The lowest BCUT2D eigenvalue weighted by atomic mass is 9.98. The number of hydrogen-bond acceptors (Lipinski definition) is 5. The first-order valence-corrected chi connectivity index (χ1v) is 10.6. The van der Waals surface area contributed by atoms with Crippen LogP contribution in [0.1, 0.15) is 49.2 Å². The topological polar surface area (TPSA) is 69.0 Å². The summed E-state index contributed by atoms with van der Waals surface area (Å²) in [6.45, 7) is 3.97. The Balaban J connectivity index is 1.44. The van der Waals surface area contributed by atoms with E-state index in [4.69, 9.17) is 9.47 Å². The number of carbonyl (C=O) groups excluding carboxylic acids is 1. The van der Waals surface area contributed by atoms with Crippen molar-refractivity contribution < 1.29 is 14.3 Å². The molecule has 0 N–H and O–H groups in total. The van der Waals surface area contributed by atoms with Crippen molar-refractivity contribution in [2.24, 2.45) is 0 Å². The van der Waals surface area contributed by atoms with Crippen LogP contribution in [0.2, 0.25) is 0 Å². The Kier molecular flexibility index (Phi) is 4.60. The first-order valence-electron chi connectivity index (χ1n) is 10.6. The number of carbonyl (C=O) groups is 1. The van der Waals surface area contributed by atoms with Gasteiger partial charge in [-0.05, 0) is 38.3 Å². The Morgan fingerprint density at radius 3 is 2.90 bits per heavy atom. The number of methoxy groups -OCH3 is 1. The number of hydrogen-bond donors (Lipinski definition) is 0. The van der Waals surface area contributed by atoms with Crippen LogP contribution < -0.4 is 9.47 Å². The Labute approximate surface area is 175 Å². The van der Waals surface area contributed by atoms with E-state index >= 15 is 0 Å². The number of ether oxygens (including phenoxy) is 2. The highest BCUT2D eigenvalue weighted by atomic mass is 16.5. The summed E-state index contributed by atoms with van der Waals surface area (Å²) in [5.41, 5.74) is 4.13. The summed E-state index contributed by atoms with van der Waals surface area (Å²) in [5, 5.41) is 4.63. The summed E-state index contributed by atoms with van der Waals surface area (Å²) in [4.78, 5) is 20.2. The van der Waals surface area contributed by atoms with Gasteiger partial charge in [-0.3, -0.25) is 4.79 Å². The van der Waals surface area contributed by atoms with Gasteiger partial charge in [-0.25, -0.2) is 9.50 Å². The van der Waals surface area contributed by atoms with Gasteiger partial charge in [-0.1, -0.05) is 13.0 Å². The van der Waals surface area contributed by atoms with Gasteiger partial charge in [0.2, 0.25) is 0 Å². The maximum Gasteiger partial charge on any atom is 0.264 e. The van der Waals surface area contributed by atoms with Crippen LogP contribution >= 0.6 is 0 Å². The minimum atomic E-state index is -0.523. The second-order valence-electron chi connectivity index (χ2n) is 8.11. The van der Waals surface area contributed by atoms with Crippen LogP contribution in [0.5, 0.6) is 11.5 Å². The van der Waals surface area contributed by atoms with Crippen molar-refractivity contribution in [1.29, 1.82) is 0 Å². The van der Waals surface area contributed by atoms with E-state index in [0.717, 1.165) is 36.2 Å². The van der Waals surface area contributed by atoms with Gasteiger partial charge in [-0.15, -0.1) is 0 Å². The molecule has 7 heteroatoms. The minimum Gasteiger partial charge on any atom is -0.497 e. The third kappa shape index (κ3) is 3.00. The Bertz CT molecular complexity index is 1110. The lowest BCUT2D eigenvalue weighted by Crippen LogP contribution is -2.48. The molecule has 0 radical (unpaired) electrons. The summed E-state index contributed by atoms with van der Waals surface area (Å²) >= 11 is 0. The van der Waals surface area contributed by atoms with Gasteiger partial charge < -0.3 is 14.4 Å². The van der Waals surface area contributed by atoms with Crippen LogP contribution in [-0.4, -0.2) is 44.7 Å². The predicted octanol–water partition coefficient (Wildman–Crippen LogP) is 3.49. The molecule has 1 amide bonds. The molecule has 2 aliphatic rings. The molecule has 2 aromatic heterocycles. The molecule has 7 nitrogen and oxygen atoms in total. The molecule has 30 heavy (non-hydrogen) atoms. The number of benzene rings is 1. The van der Waals surface area contributed by atoms with Crippen LogP contribution in [0.25, 0.3) is 5.65 Å². The molecule has 3 atom stereocenters. The van der Waals surface area contributed by atoms with Gasteiger partial charge in [0, 0.05) is 36.4 Å². The molecule has 5 rings (SSSR count). The van der Waals surface area contributed by atoms with Gasteiger partial charge in [0.15, 0.2) is 11.8 Å². The highest BCUT2D eigenvalue weighted by Gasteiger charge is 2.45. The van der Waals surface area contributed by atoms with Crippen molar-refractivity contribution in [1.82, 2.24) is 19.5 Å². The summed E-state index contributed by atoms with van der Waals surface area (Å²) < 4.78 is 13.3. The lowest BCUT2D eigenvalue weighted by Gasteiger charge is -2.38. The zero-order chi connectivity index (χ0) is 20.8. The van der Waals surface area contributed by atoms with Crippen LogP contribution in [0.4, 0.5) is 0 Å². The highest BCUT2D eigenvalue weighted by molar-refractivity contribution is 5.83. The van der Waals surface area contributed by atoms with Crippen LogP contribution in [0.15, 0.2) is 36.5 Å². The molecule has 1 aromatic carbocycles. The number of nitrogens with zero attached hydrogens (tertiary/aromatic N) is 4. The fraction of sp³-hybridized carbons (Fsp3) is 0.435. The van der Waals surface area contributed by atoms with E-state index in [0.29, 0.717) is 17.9 Å². The zero-order valence-corrected chi connectivity index (χ0v) is 17.5. The minimum absolute atomic E-state index is 0.0376. The molecule has 3 aromatic rings. The van der Waals surface area contributed by atoms with E-state index in [-0.39, 0.29) is 18.0 Å². The molecule has 0 aliphatic carbocycles. The summed E-state index contributed by atoms with van der Waals surface area (Å²) in [6, 6.07) is 9.62. The van der Waals surface area contributed by atoms with Crippen molar-refractivity contribution in [3.05, 3.63) is 53.5 Å². The summed E-state index contributed by atoms with van der Waals surface area (Å²) in [5.74, 6) is 1.41. The summed E-state index contributed by atoms with van der Waals surface area (Å²) in [7, 11) is 1.62. The molecule has 156 valence electrons. The fourth-order valence-electron chi connectivity index (χ4n) is 4.85. The predicted molar refractivity (Wildman–Crippen MR) is 112 cm³/mol. The maximum absolute atomic E-state index is 13.6. The van der Waals surface area contributed by atoms with E-state index in [1.165, 1.54) is 5.69 Å². The monoisotopic (exact) mass is 406 g/mol. The normalized spacial score (nSPS) is 20.8. The van der Waals surface area contributed by atoms with E-state index in [2.05, 4.69) is 10.1 Å². The molecular formula is C23H26N4O3. The van der Waals surface area contributed by atoms with Crippen molar-refractivity contribution in [3.63, 3.8) is 0 Å². The number of amides is 1. The second-order valence-corrected chi connectivity index (χ2v) is 8.11.